The minimum Gasteiger partial charge on any atom is -0.465 e. The summed E-state index contributed by atoms with van der Waals surface area (Å²) in [6, 6.07) is 6.12. The van der Waals surface area contributed by atoms with Crippen LogP contribution in [0.3, 0.4) is 0 Å². The number of carbonyl (C=O) groups excluding carboxylic acids is 1. The lowest BCUT2D eigenvalue weighted by Gasteiger charge is -2.08. The van der Waals surface area contributed by atoms with E-state index in [2.05, 4.69) is 21.5 Å². The van der Waals surface area contributed by atoms with Crippen LogP contribution in [0.5, 0.6) is 0 Å². The molecule has 1 N–H and O–H groups in total. The van der Waals surface area contributed by atoms with E-state index < -0.39 is 11.8 Å². The lowest BCUT2D eigenvalue weighted by atomic mass is 10.2. The van der Waals surface area contributed by atoms with Crippen LogP contribution in [-0.4, -0.2) is 17.6 Å². The Morgan fingerprint density at radius 3 is 2.90 bits per heavy atom. The first-order chi connectivity index (χ1) is 10.1. The third-order valence-electron chi connectivity index (χ3n) is 3.16. The van der Waals surface area contributed by atoms with Crippen molar-refractivity contribution in [1.29, 1.82) is 0 Å². The van der Waals surface area contributed by atoms with E-state index in [4.69, 9.17) is 0 Å². The van der Waals surface area contributed by atoms with Crippen molar-refractivity contribution >= 4 is 11.7 Å². The highest BCUT2D eigenvalue weighted by Gasteiger charge is 2.09. The Labute approximate surface area is 123 Å². The van der Waals surface area contributed by atoms with E-state index in [-0.39, 0.29) is 0 Å². The molecule has 0 aliphatic heterocycles. The fourth-order valence-corrected chi connectivity index (χ4v) is 2.10. The standard InChI is InChI=1S/C16H19FN2O2/c1-3-7-19-8-6-12(11-19)10-18-15-9-13(16(20)21-2)4-5-14(15)17/h4-6,8-9,11,18H,3,7,10H2,1-2H3. The molecule has 0 saturated heterocycles. The smallest absolute Gasteiger partial charge is 0.337 e. The van der Waals surface area contributed by atoms with Crippen molar-refractivity contribution in [2.45, 2.75) is 26.4 Å². The Balaban J connectivity index is 2.06. The number of aromatic nitrogens is 1. The number of halogens is 1. The number of nitrogens with zero attached hydrogens (tertiary/aromatic N) is 1. The van der Waals surface area contributed by atoms with Gasteiger partial charge in [0.2, 0.25) is 0 Å². The molecule has 0 radical (unpaired) electrons. The molecule has 0 saturated carbocycles. The molecule has 0 aliphatic rings. The fraction of sp³-hybridized carbons (Fsp3) is 0.312. The first kappa shape index (κ1) is 15.1. The zero-order chi connectivity index (χ0) is 15.2. The highest BCUT2D eigenvalue weighted by molar-refractivity contribution is 5.90. The van der Waals surface area contributed by atoms with Gasteiger partial charge in [0.15, 0.2) is 0 Å². The number of nitrogens with one attached hydrogen (secondary N) is 1. The van der Waals surface area contributed by atoms with E-state index >= 15 is 0 Å². The van der Waals surface area contributed by atoms with Crippen LogP contribution >= 0.6 is 0 Å². The summed E-state index contributed by atoms with van der Waals surface area (Å²) in [5.74, 6) is -0.872. The molecule has 0 aliphatic carbocycles. The van der Waals surface area contributed by atoms with Gasteiger partial charge in [0.25, 0.3) is 0 Å². The minimum atomic E-state index is -0.479. The van der Waals surface area contributed by atoms with Gasteiger partial charge in [0.1, 0.15) is 5.82 Å². The molecule has 0 unspecified atom stereocenters. The monoisotopic (exact) mass is 290 g/mol. The topological polar surface area (TPSA) is 43.3 Å². The van der Waals surface area contributed by atoms with Crippen LogP contribution < -0.4 is 5.32 Å². The number of methoxy groups -OCH3 is 1. The average Bonchev–Trinajstić information content (AvgIpc) is 2.93. The molecular formula is C16H19FN2O2. The largest absolute Gasteiger partial charge is 0.465 e. The number of hydrogen-bond donors (Lipinski definition) is 1. The van der Waals surface area contributed by atoms with Crippen molar-refractivity contribution in [2.24, 2.45) is 0 Å². The van der Waals surface area contributed by atoms with E-state index in [1.807, 2.05) is 18.5 Å². The second-order valence-corrected chi connectivity index (χ2v) is 4.80. The number of anilines is 1. The molecule has 2 aromatic rings. The highest BCUT2D eigenvalue weighted by atomic mass is 19.1. The number of esters is 1. The summed E-state index contributed by atoms with van der Waals surface area (Å²) >= 11 is 0. The third-order valence-corrected chi connectivity index (χ3v) is 3.16. The van der Waals surface area contributed by atoms with Gasteiger partial charge in [-0.2, -0.15) is 0 Å². The van der Waals surface area contributed by atoms with Crippen molar-refractivity contribution in [3.05, 3.63) is 53.6 Å². The van der Waals surface area contributed by atoms with Crippen molar-refractivity contribution in [3.8, 4) is 0 Å². The van der Waals surface area contributed by atoms with Crippen LogP contribution in [0.2, 0.25) is 0 Å². The molecule has 21 heavy (non-hydrogen) atoms. The summed E-state index contributed by atoms with van der Waals surface area (Å²) in [5, 5.41) is 3.01. The van der Waals surface area contributed by atoms with Gasteiger partial charge >= 0.3 is 5.97 Å². The normalized spacial score (nSPS) is 10.4. The van der Waals surface area contributed by atoms with E-state index in [0.29, 0.717) is 17.8 Å². The lowest BCUT2D eigenvalue weighted by Crippen LogP contribution is -2.05. The van der Waals surface area contributed by atoms with Gasteiger partial charge in [-0.3, -0.25) is 0 Å². The van der Waals surface area contributed by atoms with Crippen LogP contribution in [0.15, 0.2) is 36.7 Å². The molecule has 0 spiro atoms. The second kappa shape index (κ2) is 6.92. The molecular weight excluding hydrogens is 271 g/mol. The van der Waals surface area contributed by atoms with Crippen LogP contribution in [0.1, 0.15) is 29.3 Å². The highest BCUT2D eigenvalue weighted by Crippen LogP contribution is 2.18. The number of benzene rings is 1. The van der Waals surface area contributed by atoms with Crippen molar-refractivity contribution < 1.29 is 13.9 Å². The van der Waals surface area contributed by atoms with Crippen LogP contribution in [0.25, 0.3) is 0 Å². The lowest BCUT2D eigenvalue weighted by molar-refractivity contribution is 0.0600. The van der Waals surface area contributed by atoms with Crippen LogP contribution in [0, 0.1) is 5.82 Å². The van der Waals surface area contributed by atoms with E-state index in [9.17, 15) is 9.18 Å². The van der Waals surface area contributed by atoms with Crippen LogP contribution in [-0.2, 0) is 17.8 Å². The number of rotatable bonds is 6. The Morgan fingerprint density at radius 1 is 1.38 bits per heavy atom. The molecule has 5 heteroatoms. The van der Waals surface area contributed by atoms with E-state index in [1.165, 1.54) is 25.3 Å². The predicted octanol–water partition coefficient (Wildman–Crippen LogP) is 3.44. The molecule has 4 nitrogen and oxygen atoms in total. The van der Waals surface area contributed by atoms with Gasteiger partial charge < -0.3 is 14.6 Å². The minimum absolute atomic E-state index is 0.293. The number of aryl methyl sites for hydroxylation is 1. The summed E-state index contributed by atoms with van der Waals surface area (Å²) < 4.78 is 20.5. The molecule has 112 valence electrons. The Kier molecular flexibility index (Phi) is 4.98. The Morgan fingerprint density at radius 2 is 2.19 bits per heavy atom. The predicted molar refractivity (Wildman–Crippen MR) is 79.8 cm³/mol. The third kappa shape index (κ3) is 3.84. The van der Waals surface area contributed by atoms with Crippen LogP contribution in [0.4, 0.5) is 10.1 Å². The molecule has 0 amide bonds. The van der Waals surface area contributed by atoms with Gasteiger partial charge in [-0.1, -0.05) is 6.92 Å². The first-order valence-corrected chi connectivity index (χ1v) is 6.90. The Bertz CT molecular complexity index is 622. The average molecular weight is 290 g/mol. The van der Waals surface area contributed by atoms with Gasteiger partial charge in [-0.05, 0) is 36.2 Å². The Hall–Kier alpha value is -2.30. The quantitative estimate of drug-likeness (QED) is 0.829. The molecule has 1 aromatic carbocycles. The first-order valence-electron chi connectivity index (χ1n) is 6.90. The maximum absolute atomic E-state index is 13.7. The molecule has 1 heterocycles. The summed E-state index contributed by atoms with van der Waals surface area (Å²) in [5.41, 5.74) is 1.68. The van der Waals surface area contributed by atoms with Gasteiger partial charge in [-0.25, -0.2) is 9.18 Å². The molecule has 0 atom stereocenters. The van der Waals surface area contributed by atoms with E-state index in [1.54, 1.807) is 0 Å². The van der Waals surface area contributed by atoms with Gasteiger partial charge in [0, 0.05) is 25.5 Å². The number of hydrogen-bond acceptors (Lipinski definition) is 3. The second-order valence-electron chi connectivity index (χ2n) is 4.80. The zero-order valence-corrected chi connectivity index (χ0v) is 12.2. The maximum atomic E-state index is 13.7. The maximum Gasteiger partial charge on any atom is 0.337 e. The van der Waals surface area contributed by atoms with Crippen molar-refractivity contribution in [3.63, 3.8) is 0 Å². The zero-order valence-electron chi connectivity index (χ0n) is 12.2. The SMILES string of the molecule is CCCn1ccc(CNc2cc(C(=O)OC)ccc2F)c1. The summed E-state index contributed by atoms with van der Waals surface area (Å²) in [6.45, 7) is 3.58. The molecule has 0 bridgehead atoms. The van der Waals surface area contributed by atoms with Crippen molar-refractivity contribution in [2.75, 3.05) is 12.4 Å². The molecule has 1 aromatic heterocycles. The van der Waals surface area contributed by atoms with Gasteiger partial charge in [0.05, 0.1) is 18.4 Å². The summed E-state index contributed by atoms with van der Waals surface area (Å²) in [6.07, 6.45) is 5.09. The molecule has 0 fully saturated rings. The van der Waals surface area contributed by atoms with E-state index in [0.717, 1.165) is 18.5 Å². The molecule has 2 rings (SSSR count). The van der Waals surface area contributed by atoms with Crippen molar-refractivity contribution in [1.82, 2.24) is 4.57 Å². The number of ether oxygens (including phenoxy) is 1. The summed E-state index contributed by atoms with van der Waals surface area (Å²) in [7, 11) is 1.30. The summed E-state index contributed by atoms with van der Waals surface area (Å²) in [4.78, 5) is 11.5. The fourth-order valence-electron chi connectivity index (χ4n) is 2.10. The number of carbonyl (C=O) groups is 1. The van der Waals surface area contributed by atoms with Gasteiger partial charge in [-0.15, -0.1) is 0 Å².